The molecule has 18 nitrogen and oxygen atoms in total. The van der Waals surface area contributed by atoms with Crippen LogP contribution in [0.25, 0.3) is 11.1 Å². The van der Waals surface area contributed by atoms with Crippen LogP contribution in [0.1, 0.15) is 62.0 Å². The van der Waals surface area contributed by atoms with Crippen LogP contribution in [-0.2, 0) is 20.9 Å². The van der Waals surface area contributed by atoms with Gasteiger partial charge in [0.1, 0.15) is 35.6 Å². The number of hydrogen-bond donors (Lipinski definition) is 3. The van der Waals surface area contributed by atoms with Crippen molar-refractivity contribution in [3.8, 4) is 34.1 Å². The van der Waals surface area contributed by atoms with Crippen molar-refractivity contribution in [2.75, 3.05) is 46.2 Å². The number of unbranched alkanes of at least 4 members (excludes halogenated alkanes) is 2. The van der Waals surface area contributed by atoms with Crippen molar-refractivity contribution in [3.63, 3.8) is 0 Å². The smallest absolute Gasteiger partial charge is 0.415 e. The molecule has 1 saturated carbocycles. The molecule has 8 rings (SSSR count). The molecule has 0 spiro atoms. The topological polar surface area (TPSA) is 235 Å². The fourth-order valence-electron chi connectivity index (χ4n) is 10.6. The third kappa shape index (κ3) is 12.7. The maximum atomic E-state index is 15.0. The number of fused-ring (bicyclic) bond motifs is 2. The van der Waals surface area contributed by atoms with E-state index in [1.807, 2.05) is 72.8 Å². The number of carbonyl (C=O) groups excluding carboxylic acids is 1. The summed E-state index contributed by atoms with van der Waals surface area (Å²) in [7, 11) is 0. The second-order valence-corrected chi connectivity index (χ2v) is 18.6. The van der Waals surface area contributed by atoms with Gasteiger partial charge in [-0.2, -0.15) is 0 Å². The molecule has 0 saturated heterocycles. The maximum Gasteiger partial charge on any atom is 0.415 e. The molecule has 3 aliphatic rings. The first-order valence-electron chi connectivity index (χ1n) is 25.3. The Labute approximate surface area is 434 Å². The fraction of sp³-hybridized carbons (Fsp3) is 0.368. The summed E-state index contributed by atoms with van der Waals surface area (Å²) in [6.45, 7) is 3.51. The summed E-state index contributed by atoms with van der Waals surface area (Å²) in [6, 6.07) is 33.6. The molecule has 2 aliphatic carbocycles. The molecule has 5 aromatic carbocycles. The van der Waals surface area contributed by atoms with E-state index in [-0.39, 0.29) is 88.2 Å². The zero-order valence-electron chi connectivity index (χ0n) is 41.5. The zero-order chi connectivity index (χ0) is 52.7. The van der Waals surface area contributed by atoms with Crippen LogP contribution in [0.5, 0.6) is 23.0 Å². The Morgan fingerprint density at radius 2 is 1.44 bits per heavy atom. The van der Waals surface area contributed by atoms with Gasteiger partial charge >= 0.3 is 6.09 Å². The monoisotopic (exact) mass is 1030 g/mol. The van der Waals surface area contributed by atoms with E-state index in [4.69, 9.17) is 33.7 Å². The van der Waals surface area contributed by atoms with E-state index < -0.39 is 39.6 Å². The van der Waals surface area contributed by atoms with E-state index in [0.717, 1.165) is 22.3 Å². The van der Waals surface area contributed by atoms with Crippen LogP contribution < -0.4 is 14.2 Å². The number of carbonyl (C=O) groups is 1. The Bertz CT molecular complexity index is 2790. The summed E-state index contributed by atoms with van der Waals surface area (Å²) in [5.74, 6) is -1.35. The van der Waals surface area contributed by atoms with Crippen LogP contribution in [0, 0.1) is 38.0 Å². The number of rotatable bonds is 26. The van der Waals surface area contributed by atoms with Crippen molar-refractivity contribution in [1.29, 1.82) is 0 Å². The van der Waals surface area contributed by atoms with Crippen LogP contribution in [0.3, 0.4) is 0 Å². The van der Waals surface area contributed by atoms with Gasteiger partial charge in [-0.15, -0.1) is 6.58 Å². The summed E-state index contributed by atoms with van der Waals surface area (Å²) >= 11 is 0. The third-order valence-corrected chi connectivity index (χ3v) is 14.0. The molecule has 6 atom stereocenters. The molecule has 394 valence electrons. The minimum Gasteiger partial charge on any atom is -0.459 e. The second-order valence-electron chi connectivity index (χ2n) is 18.6. The number of non-ortho nitro benzene ring substituents is 2. The molecular weight excluding hydrogens is 965 g/mol. The van der Waals surface area contributed by atoms with Crippen LogP contribution in [0.15, 0.2) is 151 Å². The summed E-state index contributed by atoms with van der Waals surface area (Å²) in [6.07, 6.45) is 6.83. The van der Waals surface area contributed by atoms with Crippen LogP contribution in [0.4, 0.5) is 16.2 Å². The molecule has 1 heterocycles. The maximum absolute atomic E-state index is 15.0. The lowest BCUT2D eigenvalue weighted by molar-refractivity contribution is -0.385. The van der Waals surface area contributed by atoms with Gasteiger partial charge in [-0.25, -0.2) is 4.79 Å². The van der Waals surface area contributed by atoms with Gasteiger partial charge in [0.05, 0.1) is 47.9 Å². The lowest BCUT2D eigenvalue weighted by Crippen LogP contribution is -2.70. The van der Waals surface area contributed by atoms with Gasteiger partial charge in [-0.05, 0) is 114 Å². The number of aliphatic hydroxyl groups is 3. The predicted molar refractivity (Wildman–Crippen MR) is 279 cm³/mol. The van der Waals surface area contributed by atoms with Gasteiger partial charge in [0.25, 0.3) is 11.4 Å². The Morgan fingerprint density at radius 1 is 0.787 bits per heavy atom. The molecule has 1 amide bonds. The normalized spacial score (nSPS) is 20.9. The number of ether oxygens (including phenoxy) is 5. The molecule has 3 N–H and O–H groups in total. The highest BCUT2D eigenvalue weighted by Crippen LogP contribution is 2.62. The van der Waals surface area contributed by atoms with Crippen molar-refractivity contribution in [2.45, 2.75) is 69.3 Å². The van der Waals surface area contributed by atoms with Crippen molar-refractivity contribution in [2.24, 2.45) is 22.9 Å². The molecular formula is C57H62N4O14. The van der Waals surface area contributed by atoms with Gasteiger partial charge < -0.3 is 43.8 Å². The molecule has 0 aromatic heterocycles. The third-order valence-electron chi connectivity index (χ3n) is 14.0. The standard InChI is InChI=1S/C57H62N4O14/c1-2-32-71-57-53(59(28-33-70-34-31-64)56(65)74-46-24-20-44(21-25-46)61(68)69)37-51(58-72-38-39-14-18-43(19-15-39)60(66)67)49-35-42(12-6-8-29-62)48(13-7-9-30-63)54(55(49)57)50-36-47(26-27-52(50)75-57)73-45-22-16-41(17-23-45)40-10-4-3-5-11-40/h2-5,10-11,14-27,35-36,42,48,53-55,62-64H,1,6-9,12-13,28-34,37-38H2. The molecule has 0 radical (unpaired) electrons. The van der Waals surface area contributed by atoms with E-state index in [1.54, 1.807) is 18.2 Å². The van der Waals surface area contributed by atoms with Crippen molar-refractivity contribution in [3.05, 3.63) is 177 Å². The highest BCUT2D eigenvalue weighted by Gasteiger charge is 2.65. The van der Waals surface area contributed by atoms with E-state index >= 15 is 0 Å². The number of nitrogens with zero attached hydrogens (tertiary/aromatic N) is 4. The minimum atomic E-state index is -1.69. The Hall–Kier alpha value is -7.48. The van der Waals surface area contributed by atoms with Gasteiger partial charge in [0.2, 0.25) is 5.79 Å². The van der Waals surface area contributed by atoms with Crippen molar-refractivity contribution < 1.29 is 58.5 Å². The van der Waals surface area contributed by atoms with Gasteiger partial charge in [0, 0.05) is 61.9 Å². The first-order valence-corrected chi connectivity index (χ1v) is 25.3. The van der Waals surface area contributed by atoms with Crippen LogP contribution >= 0.6 is 0 Å². The molecule has 0 bridgehead atoms. The first-order chi connectivity index (χ1) is 36.6. The SMILES string of the molecule is C=CCOC12Oc3ccc(Oc4ccc(-c5ccccc5)cc4)cc3C3C(CCCCO)C(CCCCO)C=C(C(=NOCc4ccc([N+](=O)[O-])cc4)CC1N(CCOCCO)C(=O)Oc1ccc([N+](=O)[O-])cc1)C32. The number of nitro groups is 2. The largest absolute Gasteiger partial charge is 0.459 e. The number of aliphatic hydroxyl groups excluding tert-OH is 3. The minimum absolute atomic E-state index is 0.000616. The summed E-state index contributed by atoms with van der Waals surface area (Å²) in [5.41, 5.74) is 4.49. The molecule has 75 heavy (non-hydrogen) atoms. The lowest BCUT2D eigenvalue weighted by Gasteiger charge is -2.59. The summed E-state index contributed by atoms with van der Waals surface area (Å²) in [5, 5.41) is 57.7. The highest BCUT2D eigenvalue weighted by atomic mass is 16.7. The number of hydrogen-bond acceptors (Lipinski definition) is 15. The number of oxime groups is 1. The average Bonchev–Trinajstić information content (AvgIpc) is 3.46. The zero-order valence-corrected chi connectivity index (χ0v) is 41.5. The quantitative estimate of drug-likeness (QED) is 0.0202. The van der Waals surface area contributed by atoms with Crippen molar-refractivity contribution in [1.82, 2.24) is 4.90 Å². The van der Waals surface area contributed by atoms with Crippen molar-refractivity contribution >= 4 is 23.2 Å². The molecule has 18 heteroatoms. The van der Waals surface area contributed by atoms with E-state index in [2.05, 4.69) is 12.7 Å². The Morgan fingerprint density at radius 3 is 2.11 bits per heavy atom. The van der Waals surface area contributed by atoms with E-state index in [1.165, 1.54) is 41.3 Å². The lowest BCUT2D eigenvalue weighted by atomic mass is 9.55. The van der Waals surface area contributed by atoms with Crippen LogP contribution in [0.2, 0.25) is 0 Å². The van der Waals surface area contributed by atoms with E-state index in [0.29, 0.717) is 67.0 Å². The summed E-state index contributed by atoms with van der Waals surface area (Å²) < 4.78 is 32.8. The van der Waals surface area contributed by atoms with Gasteiger partial charge in [-0.3, -0.25) is 25.1 Å². The predicted octanol–water partition coefficient (Wildman–Crippen LogP) is 10.3. The highest BCUT2D eigenvalue weighted by molar-refractivity contribution is 6.03. The molecule has 1 aliphatic heterocycles. The Balaban J connectivity index is 1.29. The van der Waals surface area contributed by atoms with Gasteiger partial charge in [0.15, 0.2) is 0 Å². The molecule has 5 aromatic rings. The van der Waals surface area contributed by atoms with Gasteiger partial charge in [-0.1, -0.05) is 72.6 Å². The number of benzene rings is 5. The molecule has 6 unspecified atom stereocenters. The summed E-state index contributed by atoms with van der Waals surface area (Å²) in [4.78, 5) is 44.5. The fourth-order valence-corrected chi connectivity index (χ4v) is 10.6. The number of nitro benzene ring substituents is 2. The second kappa shape index (κ2) is 25.6. The number of amides is 1. The first kappa shape index (κ1) is 53.8. The Kier molecular flexibility index (Phi) is 18.4. The molecule has 1 fully saturated rings. The van der Waals surface area contributed by atoms with Crippen LogP contribution in [-0.4, -0.2) is 99.9 Å². The number of allylic oxidation sites excluding steroid dienone is 1. The average molecular weight is 1030 g/mol. The van der Waals surface area contributed by atoms with E-state index in [9.17, 15) is 40.3 Å².